The molecule has 4 N–H and O–H groups in total. The van der Waals surface area contributed by atoms with Crippen LogP contribution in [0.2, 0.25) is 0 Å². The number of likely N-dealkylation sites (N-methyl/N-ethyl adjacent to an activating group) is 2. The lowest BCUT2D eigenvalue weighted by atomic mass is 9.99. The normalized spacial score (nSPS) is 23.5. The van der Waals surface area contributed by atoms with Crippen molar-refractivity contribution in [2.75, 3.05) is 125 Å². The molecule has 10 nitrogen and oxygen atoms in total. The van der Waals surface area contributed by atoms with Crippen LogP contribution in [0.15, 0.2) is 36.5 Å². The summed E-state index contributed by atoms with van der Waals surface area (Å²) in [6, 6.07) is 12.9. The first-order valence-corrected chi connectivity index (χ1v) is 20.6. The Morgan fingerprint density at radius 3 is 1.77 bits per heavy atom. The van der Waals surface area contributed by atoms with Gasteiger partial charge in [-0.25, -0.2) is 4.98 Å². The minimum absolute atomic E-state index is 0.700. The van der Waals surface area contributed by atoms with E-state index in [2.05, 4.69) is 118 Å². The SMILES string of the molecule is C1CCN(C2CCNCC2)CC1.CN(C)C1CNCC(N(C)C)C1.Cc1cc(C)c(CN2CCNCC2)c(C)c1.c1ccc(N2CCNCC2)nc1. The molecule has 1 aromatic carbocycles. The van der Waals surface area contributed by atoms with E-state index in [0.29, 0.717) is 12.1 Å². The Morgan fingerprint density at radius 2 is 1.23 bits per heavy atom. The van der Waals surface area contributed by atoms with Gasteiger partial charge in [-0.3, -0.25) is 4.90 Å². The molecule has 0 amide bonds. The molecule has 2 aromatic rings. The van der Waals surface area contributed by atoms with Crippen LogP contribution in [-0.2, 0) is 6.54 Å². The van der Waals surface area contributed by atoms with Crippen molar-refractivity contribution in [3.05, 3.63) is 58.8 Å². The minimum Gasteiger partial charge on any atom is -0.354 e. The first kappa shape index (κ1) is 42.6. The van der Waals surface area contributed by atoms with Crippen molar-refractivity contribution in [1.82, 2.24) is 45.9 Å². The van der Waals surface area contributed by atoms with E-state index in [0.717, 1.165) is 70.8 Å². The third kappa shape index (κ3) is 14.9. The predicted octanol–water partition coefficient (Wildman–Crippen LogP) is 3.57. The van der Waals surface area contributed by atoms with Gasteiger partial charge in [0.1, 0.15) is 5.82 Å². The Kier molecular flexibility index (Phi) is 19.3. The van der Waals surface area contributed by atoms with Gasteiger partial charge in [-0.05, 0) is 136 Å². The molecule has 0 radical (unpaired) electrons. The molecule has 2 unspecified atom stereocenters. The molecule has 5 aliphatic rings. The molecule has 5 aliphatic heterocycles. The van der Waals surface area contributed by atoms with E-state index in [1.165, 1.54) is 100 Å². The van der Waals surface area contributed by atoms with E-state index in [1.807, 2.05) is 18.3 Å². The van der Waals surface area contributed by atoms with Crippen LogP contribution in [-0.4, -0.2) is 163 Å². The van der Waals surface area contributed by atoms with Gasteiger partial charge in [0.2, 0.25) is 0 Å². The summed E-state index contributed by atoms with van der Waals surface area (Å²) >= 11 is 0. The Labute approximate surface area is 318 Å². The van der Waals surface area contributed by atoms with Crippen molar-refractivity contribution < 1.29 is 0 Å². The zero-order valence-electron chi connectivity index (χ0n) is 34.2. The number of piperidine rings is 3. The van der Waals surface area contributed by atoms with E-state index < -0.39 is 0 Å². The standard InChI is InChI=1S/C14H22N2.C10H20N2.C9H13N3.C9H21N3/c1-11-8-12(2)14(13(3)9-11)10-16-6-4-15-5-7-16;1-2-8-12(9-3-1)10-4-6-11-7-5-10;1-2-4-11-9(3-1)12-7-5-10-6-8-12;1-11(2)8-5-9(12(3)4)7-10-6-8/h8-9,15H,4-7,10H2,1-3H3;10-11H,1-9H2;1-4,10H,5-8H2;8-10H,5-7H2,1-4H3. The van der Waals surface area contributed by atoms with Crippen molar-refractivity contribution in [2.45, 2.75) is 84.0 Å². The van der Waals surface area contributed by atoms with E-state index >= 15 is 0 Å². The molecular formula is C42H76N10. The summed E-state index contributed by atoms with van der Waals surface area (Å²) in [6.07, 6.45) is 10.2. The molecule has 0 spiro atoms. The van der Waals surface area contributed by atoms with Crippen LogP contribution in [0.5, 0.6) is 0 Å². The third-order valence-corrected chi connectivity index (χ3v) is 11.5. The highest BCUT2D eigenvalue weighted by Crippen LogP contribution is 2.19. The summed E-state index contributed by atoms with van der Waals surface area (Å²) < 4.78 is 0. The van der Waals surface area contributed by atoms with Crippen LogP contribution >= 0.6 is 0 Å². The average Bonchev–Trinajstić information content (AvgIpc) is 3.19. The van der Waals surface area contributed by atoms with Crippen LogP contribution in [0.4, 0.5) is 5.82 Å². The van der Waals surface area contributed by atoms with Crippen LogP contribution in [0.25, 0.3) is 0 Å². The summed E-state index contributed by atoms with van der Waals surface area (Å²) in [5.41, 5.74) is 5.78. The molecule has 1 aromatic heterocycles. The van der Waals surface area contributed by atoms with Gasteiger partial charge in [0.15, 0.2) is 0 Å². The second kappa shape index (κ2) is 23.6. The van der Waals surface area contributed by atoms with Crippen LogP contribution in [0, 0.1) is 20.8 Å². The Hall–Kier alpha value is -2.15. The highest BCUT2D eigenvalue weighted by Gasteiger charge is 2.24. The Bertz CT molecular complexity index is 1160. The van der Waals surface area contributed by atoms with Gasteiger partial charge in [0.25, 0.3) is 0 Å². The van der Waals surface area contributed by atoms with Gasteiger partial charge in [0.05, 0.1) is 0 Å². The van der Waals surface area contributed by atoms with Crippen LogP contribution < -0.4 is 26.2 Å². The lowest BCUT2D eigenvalue weighted by molar-refractivity contribution is 0.136. The molecule has 7 rings (SSSR count). The second-order valence-electron chi connectivity index (χ2n) is 16.0. The number of rotatable bonds is 6. The van der Waals surface area contributed by atoms with Crippen molar-refractivity contribution in [3.63, 3.8) is 0 Å². The van der Waals surface area contributed by atoms with E-state index in [9.17, 15) is 0 Å². The van der Waals surface area contributed by atoms with Gasteiger partial charge < -0.3 is 40.9 Å². The fourth-order valence-electron chi connectivity index (χ4n) is 8.13. The lowest BCUT2D eigenvalue weighted by Gasteiger charge is -2.37. The molecule has 52 heavy (non-hydrogen) atoms. The van der Waals surface area contributed by atoms with E-state index in [-0.39, 0.29) is 0 Å². The monoisotopic (exact) mass is 721 g/mol. The first-order valence-electron chi connectivity index (χ1n) is 20.6. The fraction of sp³-hybridized carbons (Fsp3) is 0.738. The van der Waals surface area contributed by atoms with Crippen molar-refractivity contribution >= 4 is 5.82 Å². The molecule has 5 fully saturated rings. The highest BCUT2D eigenvalue weighted by atomic mass is 15.2. The van der Waals surface area contributed by atoms with Crippen LogP contribution in [0.1, 0.15) is 60.8 Å². The van der Waals surface area contributed by atoms with Gasteiger partial charge in [-0.15, -0.1) is 0 Å². The number of aryl methyl sites for hydroxylation is 3. The molecule has 6 heterocycles. The summed E-state index contributed by atoms with van der Waals surface area (Å²) in [6.45, 7) is 24.1. The Morgan fingerprint density at radius 1 is 0.673 bits per heavy atom. The quantitative estimate of drug-likeness (QED) is 0.356. The number of benzene rings is 1. The molecule has 0 aliphatic carbocycles. The number of likely N-dealkylation sites (tertiary alicyclic amines) is 1. The number of anilines is 1. The summed E-state index contributed by atoms with van der Waals surface area (Å²) in [5.74, 6) is 1.10. The number of hydrogen-bond donors (Lipinski definition) is 4. The number of piperazine rings is 2. The number of hydrogen-bond acceptors (Lipinski definition) is 10. The number of nitrogens with zero attached hydrogens (tertiary/aromatic N) is 6. The number of pyridine rings is 1. The zero-order chi connectivity index (χ0) is 37.1. The summed E-state index contributed by atoms with van der Waals surface area (Å²) in [5, 5.41) is 13.6. The smallest absolute Gasteiger partial charge is 0.128 e. The van der Waals surface area contributed by atoms with Crippen LogP contribution in [0.3, 0.4) is 0 Å². The van der Waals surface area contributed by atoms with Crippen molar-refractivity contribution in [2.24, 2.45) is 0 Å². The molecule has 2 atom stereocenters. The maximum absolute atomic E-state index is 4.30. The third-order valence-electron chi connectivity index (χ3n) is 11.5. The predicted molar refractivity (Wildman–Crippen MR) is 222 cm³/mol. The van der Waals surface area contributed by atoms with E-state index in [4.69, 9.17) is 0 Å². The second-order valence-corrected chi connectivity index (χ2v) is 16.0. The van der Waals surface area contributed by atoms with Gasteiger partial charge in [-0.2, -0.15) is 0 Å². The minimum atomic E-state index is 0.700. The number of aromatic nitrogens is 1. The summed E-state index contributed by atoms with van der Waals surface area (Å²) in [4.78, 5) is 16.5. The maximum atomic E-state index is 4.30. The molecular weight excluding hydrogens is 645 g/mol. The largest absolute Gasteiger partial charge is 0.354 e. The van der Waals surface area contributed by atoms with Gasteiger partial charge in [-0.1, -0.05) is 30.2 Å². The number of nitrogens with one attached hydrogen (secondary N) is 4. The highest BCUT2D eigenvalue weighted by molar-refractivity contribution is 5.38. The molecule has 294 valence electrons. The fourth-order valence-corrected chi connectivity index (χ4v) is 8.13. The average molecular weight is 721 g/mol. The molecule has 10 heteroatoms. The topological polar surface area (TPSA) is 77.2 Å². The molecule has 5 saturated heterocycles. The Balaban J connectivity index is 0.000000156. The van der Waals surface area contributed by atoms with E-state index in [1.54, 1.807) is 0 Å². The van der Waals surface area contributed by atoms with Crippen molar-refractivity contribution in [1.29, 1.82) is 0 Å². The zero-order valence-corrected chi connectivity index (χ0v) is 34.2. The molecule has 0 saturated carbocycles. The van der Waals surface area contributed by atoms with Gasteiger partial charge >= 0.3 is 0 Å². The maximum Gasteiger partial charge on any atom is 0.128 e. The lowest BCUT2D eigenvalue weighted by Crippen LogP contribution is -2.52. The van der Waals surface area contributed by atoms with Crippen molar-refractivity contribution in [3.8, 4) is 0 Å². The van der Waals surface area contributed by atoms with Gasteiger partial charge in [0, 0.05) is 96.3 Å². The summed E-state index contributed by atoms with van der Waals surface area (Å²) in [7, 11) is 8.63. The first-order chi connectivity index (χ1) is 25.2. The molecule has 0 bridgehead atoms.